The molecule has 0 aliphatic carbocycles. The third kappa shape index (κ3) is 2.10. The molecule has 0 aliphatic heterocycles. The van der Waals surface area contributed by atoms with E-state index in [1.165, 1.54) is 0 Å². The predicted molar refractivity (Wildman–Crippen MR) is 87.2 cm³/mol. The van der Waals surface area contributed by atoms with E-state index in [0.29, 0.717) is 5.95 Å². The Hall–Kier alpha value is -3.15. The van der Waals surface area contributed by atoms with Gasteiger partial charge in [0.15, 0.2) is 0 Å². The second-order valence-corrected chi connectivity index (χ2v) is 4.98. The summed E-state index contributed by atoms with van der Waals surface area (Å²) in [4.78, 5) is 12.1. The van der Waals surface area contributed by atoms with Crippen molar-refractivity contribution in [2.24, 2.45) is 5.10 Å². The van der Waals surface area contributed by atoms with Crippen LogP contribution in [0.3, 0.4) is 0 Å². The van der Waals surface area contributed by atoms with Gasteiger partial charge < -0.3 is 4.98 Å². The summed E-state index contributed by atoms with van der Waals surface area (Å²) < 4.78 is 2.00. The molecule has 3 heterocycles. The van der Waals surface area contributed by atoms with Crippen molar-refractivity contribution in [3.63, 3.8) is 0 Å². The quantitative estimate of drug-likeness (QED) is 0.450. The number of pyridine rings is 1. The summed E-state index contributed by atoms with van der Waals surface area (Å²) in [6.07, 6.45) is 3.72. The standard InChI is InChI=1S/C16H14N6/c1-11-14(22-9-5-4-8-15(22)18-11)10-17-21-16-19-12-6-2-3-7-13(12)20-16/h2-10H,1H3,(H2,19,20,21)/b17-10+. The van der Waals surface area contributed by atoms with Gasteiger partial charge in [0.1, 0.15) is 5.65 Å². The molecule has 0 fully saturated rings. The van der Waals surface area contributed by atoms with E-state index in [1.807, 2.05) is 60.0 Å². The van der Waals surface area contributed by atoms with Gasteiger partial charge in [0.05, 0.1) is 28.6 Å². The van der Waals surface area contributed by atoms with Crippen LogP contribution in [0.5, 0.6) is 0 Å². The van der Waals surface area contributed by atoms with Gasteiger partial charge in [0.25, 0.3) is 0 Å². The van der Waals surface area contributed by atoms with Gasteiger partial charge in [-0.3, -0.25) is 4.40 Å². The van der Waals surface area contributed by atoms with E-state index in [0.717, 1.165) is 28.1 Å². The number of hydrogen-bond donors (Lipinski definition) is 2. The minimum Gasteiger partial charge on any atom is -0.323 e. The second-order valence-electron chi connectivity index (χ2n) is 4.98. The molecule has 6 nitrogen and oxygen atoms in total. The molecule has 0 aliphatic rings. The van der Waals surface area contributed by atoms with Gasteiger partial charge in [-0.15, -0.1) is 0 Å². The fraction of sp³-hybridized carbons (Fsp3) is 0.0625. The maximum atomic E-state index is 4.49. The number of para-hydroxylation sites is 2. The van der Waals surface area contributed by atoms with Crippen molar-refractivity contribution in [3.05, 3.63) is 60.0 Å². The maximum Gasteiger partial charge on any atom is 0.222 e. The van der Waals surface area contributed by atoms with Crippen LogP contribution in [0.15, 0.2) is 53.8 Å². The zero-order valence-corrected chi connectivity index (χ0v) is 12.0. The first-order chi connectivity index (χ1) is 10.8. The number of aromatic nitrogens is 4. The Kier molecular flexibility index (Phi) is 2.86. The van der Waals surface area contributed by atoms with Crippen LogP contribution in [0.2, 0.25) is 0 Å². The lowest BCUT2D eigenvalue weighted by Crippen LogP contribution is -1.96. The number of rotatable bonds is 3. The van der Waals surface area contributed by atoms with E-state index in [1.54, 1.807) is 6.21 Å². The number of nitrogens with one attached hydrogen (secondary N) is 2. The van der Waals surface area contributed by atoms with Crippen LogP contribution in [0.4, 0.5) is 5.95 Å². The Morgan fingerprint density at radius 3 is 2.91 bits per heavy atom. The van der Waals surface area contributed by atoms with Crippen LogP contribution < -0.4 is 5.43 Å². The van der Waals surface area contributed by atoms with E-state index >= 15 is 0 Å². The van der Waals surface area contributed by atoms with Gasteiger partial charge in [0.2, 0.25) is 5.95 Å². The molecule has 4 aromatic rings. The third-order valence-corrected chi connectivity index (χ3v) is 3.50. The van der Waals surface area contributed by atoms with Gasteiger partial charge in [-0.2, -0.15) is 5.10 Å². The molecule has 0 radical (unpaired) electrons. The van der Waals surface area contributed by atoms with Gasteiger partial charge >= 0.3 is 0 Å². The highest BCUT2D eigenvalue weighted by Gasteiger charge is 2.05. The summed E-state index contributed by atoms with van der Waals surface area (Å²) in [6, 6.07) is 13.8. The summed E-state index contributed by atoms with van der Waals surface area (Å²) in [7, 11) is 0. The number of benzene rings is 1. The molecule has 1 aromatic carbocycles. The van der Waals surface area contributed by atoms with Crippen molar-refractivity contribution >= 4 is 28.8 Å². The molecule has 4 rings (SSSR count). The maximum absolute atomic E-state index is 4.49. The first-order valence-corrected chi connectivity index (χ1v) is 6.99. The summed E-state index contributed by atoms with van der Waals surface area (Å²) in [5.74, 6) is 0.615. The molecule has 0 saturated carbocycles. The monoisotopic (exact) mass is 290 g/mol. The molecule has 3 aromatic heterocycles. The highest BCUT2D eigenvalue weighted by molar-refractivity contribution is 5.82. The number of imidazole rings is 2. The molecule has 2 N–H and O–H groups in total. The number of H-pyrrole nitrogens is 1. The van der Waals surface area contributed by atoms with Crippen LogP contribution in [0.25, 0.3) is 16.7 Å². The zero-order valence-electron chi connectivity index (χ0n) is 12.0. The minimum atomic E-state index is 0.615. The molecule has 0 unspecified atom stereocenters. The Labute approximate surface area is 126 Å². The summed E-state index contributed by atoms with van der Waals surface area (Å²) >= 11 is 0. The van der Waals surface area contributed by atoms with Gasteiger partial charge in [-0.05, 0) is 31.2 Å². The number of hydrogen-bond acceptors (Lipinski definition) is 4. The number of fused-ring (bicyclic) bond motifs is 2. The van der Waals surface area contributed by atoms with Crippen molar-refractivity contribution in [2.45, 2.75) is 6.92 Å². The molecular formula is C16H14N6. The average Bonchev–Trinajstić information content (AvgIpc) is 3.08. The second kappa shape index (κ2) is 5.00. The molecule has 0 saturated heterocycles. The molecule has 0 bridgehead atoms. The van der Waals surface area contributed by atoms with Crippen molar-refractivity contribution in [2.75, 3.05) is 5.43 Å². The van der Waals surface area contributed by atoms with Crippen LogP contribution >= 0.6 is 0 Å². The first-order valence-electron chi connectivity index (χ1n) is 6.99. The number of anilines is 1. The van der Waals surface area contributed by atoms with E-state index in [2.05, 4.69) is 25.5 Å². The highest BCUT2D eigenvalue weighted by atomic mass is 15.4. The largest absolute Gasteiger partial charge is 0.323 e. The van der Waals surface area contributed by atoms with Crippen LogP contribution in [-0.4, -0.2) is 25.6 Å². The normalized spacial score (nSPS) is 11.7. The lowest BCUT2D eigenvalue weighted by Gasteiger charge is -1.96. The van der Waals surface area contributed by atoms with E-state index in [9.17, 15) is 0 Å². The zero-order chi connectivity index (χ0) is 14.9. The fourth-order valence-corrected chi connectivity index (χ4v) is 2.45. The minimum absolute atomic E-state index is 0.615. The molecule has 22 heavy (non-hydrogen) atoms. The van der Waals surface area contributed by atoms with Gasteiger partial charge in [-0.1, -0.05) is 18.2 Å². The number of nitrogens with zero attached hydrogens (tertiary/aromatic N) is 4. The van der Waals surface area contributed by atoms with Gasteiger partial charge in [0, 0.05) is 6.20 Å². The summed E-state index contributed by atoms with van der Waals surface area (Å²) in [6.45, 7) is 1.97. The number of aryl methyl sites for hydroxylation is 1. The Morgan fingerprint density at radius 1 is 1.14 bits per heavy atom. The molecule has 0 atom stereocenters. The van der Waals surface area contributed by atoms with Crippen LogP contribution in [-0.2, 0) is 0 Å². The Morgan fingerprint density at radius 2 is 2.00 bits per heavy atom. The van der Waals surface area contributed by atoms with Crippen molar-refractivity contribution in [1.29, 1.82) is 0 Å². The lowest BCUT2D eigenvalue weighted by atomic mass is 10.3. The SMILES string of the molecule is Cc1nc2ccccn2c1/C=N/Nc1nc2ccccc2[nH]1. The number of aromatic amines is 1. The molecule has 108 valence electrons. The third-order valence-electron chi connectivity index (χ3n) is 3.50. The van der Waals surface area contributed by atoms with Crippen molar-refractivity contribution < 1.29 is 0 Å². The van der Waals surface area contributed by atoms with E-state index in [4.69, 9.17) is 0 Å². The van der Waals surface area contributed by atoms with E-state index in [-0.39, 0.29) is 0 Å². The van der Waals surface area contributed by atoms with Crippen LogP contribution in [0.1, 0.15) is 11.4 Å². The van der Waals surface area contributed by atoms with Crippen molar-refractivity contribution in [1.82, 2.24) is 19.4 Å². The van der Waals surface area contributed by atoms with E-state index < -0.39 is 0 Å². The van der Waals surface area contributed by atoms with Crippen molar-refractivity contribution in [3.8, 4) is 0 Å². The smallest absolute Gasteiger partial charge is 0.222 e. The molecule has 6 heteroatoms. The topological polar surface area (TPSA) is 70.4 Å². The summed E-state index contributed by atoms with van der Waals surface area (Å²) in [5.41, 5.74) is 7.60. The average molecular weight is 290 g/mol. The molecule has 0 amide bonds. The highest BCUT2D eigenvalue weighted by Crippen LogP contribution is 2.13. The first kappa shape index (κ1) is 12.6. The Balaban J connectivity index is 1.62. The Bertz CT molecular complexity index is 946. The summed E-state index contributed by atoms with van der Waals surface area (Å²) in [5, 5.41) is 4.26. The predicted octanol–water partition coefficient (Wildman–Crippen LogP) is 2.97. The molecule has 0 spiro atoms. The molecular weight excluding hydrogens is 276 g/mol. The fourth-order valence-electron chi connectivity index (χ4n) is 2.45. The number of hydrazone groups is 1. The lowest BCUT2D eigenvalue weighted by molar-refractivity contribution is 1.15. The van der Waals surface area contributed by atoms with Gasteiger partial charge in [-0.25, -0.2) is 15.4 Å². The van der Waals surface area contributed by atoms with Crippen LogP contribution in [0, 0.1) is 6.92 Å².